The highest BCUT2D eigenvalue weighted by Crippen LogP contribution is 2.04. The molecule has 0 heterocycles. The van der Waals surface area contributed by atoms with Gasteiger partial charge in [-0.15, -0.1) is 0 Å². The first-order valence-corrected chi connectivity index (χ1v) is 4.37. The molecule has 0 aromatic carbocycles. The first-order chi connectivity index (χ1) is 5.54. The molecule has 1 nitrogen and oxygen atoms in total. The van der Waals surface area contributed by atoms with E-state index in [4.69, 9.17) is 0 Å². The van der Waals surface area contributed by atoms with Crippen molar-refractivity contribution in [3.63, 3.8) is 0 Å². The van der Waals surface area contributed by atoms with Crippen LogP contribution in [0.4, 0.5) is 0 Å². The van der Waals surface area contributed by atoms with Crippen LogP contribution in [-0.4, -0.2) is 5.71 Å². The number of aliphatic imine (C=N–C) groups is 1. The smallest absolute Gasteiger partial charge is 0.0298 e. The van der Waals surface area contributed by atoms with E-state index >= 15 is 0 Å². The third-order valence-corrected chi connectivity index (χ3v) is 1.19. The van der Waals surface area contributed by atoms with E-state index in [1.165, 1.54) is 0 Å². The fraction of sp³-hybridized carbons (Fsp3) is 0.545. The lowest BCUT2D eigenvalue weighted by Gasteiger charge is -1.94. The molecular formula is C11H21N. The van der Waals surface area contributed by atoms with Gasteiger partial charge in [0.15, 0.2) is 0 Å². The Labute approximate surface area is 76.9 Å². The summed E-state index contributed by atoms with van der Waals surface area (Å²) in [6.07, 6.45) is 1.84. The van der Waals surface area contributed by atoms with Crippen molar-refractivity contribution in [2.75, 3.05) is 0 Å². The van der Waals surface area contributed by atoms with Gasteiger partial charge in [0.25, 0.3) is 0 Å². The molecule has 0 aromatic rings. The van der Waals surface area contributed by atoms with Crippen LogP contribution in [0.25, 0.3) is 0 Å². The molecule has 70 valence electrons. The van der Waals surface area contributed by atoms with Gasteiger partial charge < -0.3 is 0 Å². The normalized spacial score (nSPS) is 9.67. The van der Waals surface area contributed by atoms with Crippen LogP contribution in [0, 0.1) is 0 Å². The Morgan fingerprint density at radius 2 is 1.50 bits per heavy atom. The van der Waals surface area contributed by atoms with Crippen LogP contribution in [-0.2, 0) is 0 Å². The topological polar surface area (TPSA) is 12.4 Å². The second-order valence-electron chi connectivity index (χ2n) is 2.67. The Balaban J connectivity index is 0. The fourth-order valence-corrected chi connectivity index (χ4v) is 0.336. The molecule has 0 saturated carbocycles. The van der Waals surface area contributed by atoms with E-state index in [9.17, 15) is 0 Å². The summed E-state index contributed by atoms with van der Waals surface area (Å²) in [5, 5.41) is 0. The Morgan fingerprint density at radius 1 is 1.08 bits per heavy atom. The molecule has 0 fully saturated rings. The van der Waals surface area contributed by atoms with Crippen LogP contribution >= 0.6 is 0 Å². The SMILES string of the molecule is C=C(C)/C(C)=C\N=C(C)C.CC. The average molecular weight is 167 g/mol. The van der Waals surface area contributed by atoms with Gasteiger partial charge >= 0.3 is 0 Å². The van der Waals surface area contributed by atoms with Gasteiger partial charge in [-0.1, -0.05) is 26.0 Å². The lowest BCUT2D eigenvalue weighted by Crippen LogP contribution is -1.79. The molecule has 0 aliphatic rings. The van der Waals surface area contributed by atoms with E-state index in [2.05, 4.69) is 11.6 Å². The third kappa shape index (κ3) is 9.15. The highest BCUT2D eigenvalue weighted by molar-refractivity contribution is 5.79. The predicted octanol–water partition coefficient (Wildman–Crippen LogP) is 3.97. The summed E-state index contributed by atoms with van der Waals surface area (Å²) in [6, 6.07) is 0. The minimum atomic E-state index is 1.07. The highest BCUT2D eigenvalue weighted by Gasteiger charge is 1.85. The number of hydrogen-bond donors (Lipinski definition) is 0. The average Bonchev–Trinajstić information content (AvgIpc) is 2.03. The van der Waals surface area contributed by atoms with Crippen molar-refractivity contribution in [1.82, 2.24) is 0 Å². The molecule has 1 heteroatoms. The standard InChI is InChI=1S/C9H15N.C2H6/c1-7(2)9(5)6-10-8(3)4;1-2/h6H,1H2,2-5H3;1-2H3/b9-6-;. The first-order valence-electron chi connectivity index (χ1n) is 4.37. The number of rotatable bonds is 2. The molecule has 0 amide bonds. The first kappa shape index (κ1) is 13.7. The molecular weight excluding hydrogens is 146 g/mol. The van der Waals surface area contributed by atoms with Crippen LogP contribution in [0.2, 0.25) is 0 Å². The molecule has 0 N–H and O–H groups in total. The zero-order chi connectivity index (χ0) is 10.1. The van der Waals surface area contributed by atoms with Crippen LogP contribution in [0.15, 0.2) is 28.9 Å². The van der Waals surface area contributed by atoms with Gasteiger partial charge in [0, 0.05) is 11.9 Å². The van der Waals surface area contributed by atoms with Crippen molar-refractivity contribution in [3.05, 3.63) is 23.9 Å². The lowest BCUT2D eigenvalue weighted by molar-refractivity contribution is 1.31. The summed E-state index contributed by atoms with van der Waals surface area (Å²) < 4.78 is 0. The zero-order valence-corrected chi connectivity index (χ0v) is 9.23. The van der Waals surface area contributed by atoms with Gasteiger partial charge in [-0.05, 0) is 33.3 Å². The minimum Gasteiger partial charge on any atom is -0.266 e. The summed E-state index contributed by atoms with van der Waals surface area (Å²) in [4.78, 5) is 4.14. The van der Waals surface area contributed by atoms with Crippen molar-refractivity contribution in [2.24, 2.45) is 4.99 Å². The summed E-state index contributed by atoms with van der Waals surface area (Å²) in [5.41, 5.74) is 3.28. The van der Waals surface area contributed by atoms with Crippen molar-refractivity contribution in [3.8, 4) is 0 Å². The lowest BCUT2D eigenvalue weighted by atomic mass is 10.2. The van der Waals surface area contributed by atoms with Gasteiger partial charge in [-0.2, -0.15) is 0 Å². The van der Waals surface area contributed by atoms with Crippen molar-refractivity contribution in [1.29, 1.82) is 0 Å². The zero-order valence-electron chi connectivity index (χ0n) is 9.23. The largest absolute Gasteiger partial charge is 0.266 e. The van der Waals surface area contributed by atoms with E-state index in [1.807, 2.05) is 47.7 Å². The van der Waals surface area contributed by atoms with Gasteiger partial charge in [0.2, 0.25) is 0 Å². The van der Waals surface area contributed by atoms with Crippen molar-refractivity contribution < 1.29 is 0 Å². The molecule has 0 saturated heterocycles. The van der Waals surface area contributed by atoms with Gasteiger partial charge in [-0.3, -0.25) is 4.99 Å². The Morgan fingerprint density at radius 3 is 1.75 bits per heavy atom. The van der Waals surface area contributed by atoms with Crippen molar-refractivity contribution in [2.45, 2.75) is 41.5 Å². The molecule has 0 atom stereocenters. The molecule has 0 bridgehead atoms. The summed E-state index contributed by atoms with van der Waals surface area (Å²) in [5.74, 6) is 0. The molecule has 0 radical (unpaired) electrons. The van der Waals surface area contributed by atoms with Gasteiger partial charge in [0.1, 0.15) is 0 Å². The molecule has 0 spiro atoms. The molecule has 0 aromatic heterocycles. The van der Waals surface area contributed by atoms with E-state index in [-0.39, 0.29) is 0 Å². The van der Waals surface area contributed by atoms with Crippen LogP contribution in [0.3, 0.4) is 0 Å². The maximum Gasteiger partial charge on any atom is 0.0298 e. The summed E-state index contributed by atoms with van der Waals surface area (Å²) in [7, 11) is 0. The summed E-state index contributed by atoms with van der Waals surface area (Å²) >= 11 is 0. The second kappa shape index (κ2) is 8.25. The van der Waals surface area contributed by atoms with Crippen LogP contribution < -0.4 is 0 Å². The molecule has 0 unspecified atom stereocenters. The minimum absolute atomic E-state index is 1.07. The number of nitrogens with zero attached hydrogens (tertiary/aromatic N) is 1. The molecule has 0 aliphatic heterocycles. The van der Waals surface area contributed by atoms with Crippen LogP contribution in [0.1, 0.15) is 41.5 Å². The second-order valence-corrected chi connectivity index (χ2v) is 2.67. The number of hydrogen-bond acceptors (Lipinski definition) is 1. The van der Waals surface area contributed by atoms with Crippen molar-refractivity contribution >= 4 is 5.71 Å². The Kier molecular flexibility index (Phi) is 9.43. The Bertz CT molecular complexity index is 181. The molecule has 0 aliphatic carbocycles. The summed E-state index contributed by atoms with van der Waals surface area (Å²) in [6.45, 7) is 15.7. The van der Waals surface area contributed by atoms with Gasteiger partial charge in [0.05, 0.1) is 0 Å². The highest BCUT2D eigenvalue weighted by atomic mass is 14.7. The maximum atomic E-state index is 4.14. The van der Waals surface area contributed by atoms with E-state index in [1.54, 1.807) is 0 Å². The predicted molar refractivity (Wildman–Crippen MR) is 58.7 cm³/mol. The maximum absolute atomic E-state index is 4.14. The van der Waals surface area contributed by atoms with E-state index in [0.717, 1.165) is 16.9 Å². The van der Waals surface area contributed by atoms with E-state index < -0.39 is 0 Å². The quantitative estimate of drug-likeness (QED) is 0.436. The van der Waals surface area contributed by atoms with E-state index in [0.29, 0.717) is 0 Å². The number of allylic oxidation sites excluding steroid dienone is 2. The monoisotopic (exact) mass is 167 g/mol. The molecule has 0 rings (SSSR count). The molecule has 12 heavy (non-hydrogen) atoms. The third-order valence-electron chi connectivity index (χ3n) is 1.19. The van der Waals surface area contributed by atoms with Gasteiger partial charge in [-0.25, -0.2) is 0 Å². The van der Waals surface area contributed by atoms with Crippen LogP contribution in [0.5, 0.6) is 0 Å². The fourth-order valence-electron chi connectivity index (χ4n) is 0.336. The Hall–Kier alpha value is -0.850.